The number of ether oxygens (including phenoxy) is 1. The van der Waals surface area contributed by atoms with Gasteiger partial charge in [-0.25, -0.2) is 0 Å². The quantitative estimate of drug-likeness (QED) is 0.356. The van der Waals surface area contributed by atoms with Crippen LogP contribution in [0.15, 0.2) is 35.9 Å². The van der Waals surface area contributed by atoms with Crippen LogP contribution in [0.4, 0.5) is 0 Å². The number of aldehydes is 1. The number of aryl methyl sites for hydroxylation is 1. The third-order valence-corrected chi connectivity index (χ3v) is 7.28. The average molecular weight is 364 g/mol. The minimum atomic E-state index is -1.11. The maximum Gasteiger partial charge on any atom is 0.321 e. The van der Waals surface area contributed by atoms with Crippen LogP contribution in [0.1, 0.15) is 30.6 Å². The molecule has 4 bridgehead atoms. The molecule has 140 valence electrons. The molecule has 1 unspecified atom stereocenters. The van der Waals surface area contributed by atoms with Crippen LogP contribution in [0.2, 0.25) is 0 Å². The van der Waals surface area contributed by atoms with Gasteiger partial charge < -0.3 is 14.1 Å². The molecule has 4 aliphatic heterocycles. The molecule has 5 nitrogen and oxygen atoms in total. The molecule has 6 rings (SSSR count). The fourth-order valence-electron chi connectivity index (χ4n) is 6.11. The van der Waals surface area contributed by atoms with Crippen LogP contribution in [-0.2, 0) is 27.8 Å². The van der Waals surface area contributed by atoms with E-state index in [9.17, 15) is 9.59 Å². The van der Waals surface area contributed by atoms with E-state index in [0.29, 0.717) is 6.42 Å². The molecular formula is C22H24N2O3. The highest BCUT2D eigenvalue weighted by molar-refractivity contribution is 5.96. The van der Waals surface area contributed by atoms with E-state index in [0.717, 1.165) is 19.3 Å². The number of hydrogen-bond acceptors (Lipinski definition) is 4. The molecule has 4 aliphatic rings. The number of rotatable bonds is 2. The van der Waals surface area contributed by atoms with Crippen LogP contribution < -0.4 is 0 Å². The molecule has 0 saturated carbocycles. The van der Waals surface area contributed by atoms with Crippen LogP contribution in [0.3, 0.4) is 0 Å². The van der Waals surface area contributed by atoms with Gasteiger partial charge in [-0.15, -0.1) is 0 Å². The maximum absolute atomic E-state index is 12.9. The molecule has 0 radical (unpaired) electrons. The number of esters is 1. The van der Waals surface area contributed by atoms with E-state index in [1.807, 2.05) is 6.92 Å². The summed E-state index contributed by atoms with van der Waals surface area (Å²) in [5.41, 5.74) is 3.92. The van der Waals surface area contributed by atoms with Gasteiger partial charge in [-0.05, 0) is 31.4 Å². The fraction of sp³-hybridized carbons (Fsp3) is 0.455. The Bertz CT molecular complexity index is 1000. The zero-order valence-electron chi connectivity index (χ0n) is 15.9. The average Bonchev–Trinajstić information content (AvgIpc) is 3.00. The van der Waals surface area contributed by atoms with Crippen molar-refractivity contribution in [3.05, 3.63) is 47.2 Å². The number of nitrogens with zero attached hydrogens (tertiary/aromatic N) is 2. The summed E-state index contributed by atoms with van der Waals surface area (Å²) in [5.74, 6) is -0.475. The molecule has 1 aromatic carbocycles. The Hall–Kier alpha value is -2.40. The number of hydrogen-bond donors (Lipinski definition) is 0. The van der Waals surface area contributed by atoms with Crippen molar-refractivity contribution in [3.8, 4) is 0 Å². The minimum Gasteiger partial charge on any atom is -0.468 e. The van der Waals surface area contributed by atoms with Gasteiger partial charge in [0.15, 0.2) is 0 Å². The molecule has 0 aliphatic carbocycles. The SMILES string of the molecule is CC=C1CN2[C@H]3Cc4c(n(C)c5ccccc45)[C@@H]2C[C@@H]1[C@@]3(C=O)C(=O)OC. The molecule has 2 aromatic rings. The van der Waals surface area contributed by atoms with Gasteiger partial charge in [0.1, 0.15) is 11.7 Å². The summed E-state index contributed by atoms with van der Waals surface area (Å²) in [7, 11) is 3.53. The smallest absolute Gasteiger partial charge is 0.321 e. The van der Waals surface area contributed by atoms with Crippen molar-refractivity contribution in [2.75, 3.05) is 13.7 Å². The van der Waals surface area contributed by atoms with E-state index >= 15 is 0 Å². The number of piperidine rings is 3. The zero-order valence-corrected chi connectivity index (χ0v) is 15.9. The lowest BCUT2D eigenvalue weighted by atomic mass is 9.55. The second-order valence-electron chi connectivity index (χ2n) is 8.04. The monoisotopic (exact) mass is 364 g/mol. The normalized spacial score (nSPS) is 35.3. The van der Waals surface area contributed by atoms with Crippen molar-refractivity contribution in [2.45, 2.75) is 31.8 Å². The highest BCUT2D eigenvalue weighted by atomic mass is 16.5. The molecule has 5 heteroatoms. The number of carbonyl (C=O) groups excluding carboxylic acids is 2. The number of aromatic nitrogens is 1. The van der Waals surface area contributed by atoms with Gasteiger partial charge >= 0.3 is 5.97 Å². The van der Waals surface area contributed by atoms with Gasteiger partial charge in [-0.1, -0.05) is 29.8 Å². The number of methoxy groups -OCH3 is 1. The Morgan fingerprint density at radius 2 is 2.11 bits per heavy atom. The molecule has 5 heterocycles. The Balaban J connectivity index is 1.77. The second-order valence-corrected chi connectivity index (χ2v) is 8.04. The Kier molecular flexibility index (Phi) is 3.44. The summed E-state index contributed by atoms with van der Waals surface area (Å²) in [4.78, 5) is 27.8. The molecule has 1 aromatic heterocycles. The summed E-state index contributed by atoms with van der Waals surface area (Å²) in [5, 5.41) is 1.24. The molecule has 0 N–H and O–H groups in total. The minimum absolute atomic E-state index is 0.0846. The second kappa shape index (κ2) is 5.55. The van der Waals surface area contributed by atoms with Crippen molar-refractivity contribution in [2.24, 2.45) is 18.4 Å². The molecular weight excluding hydrogens is 340 g/mol. The van der Waals surface area contributed by atoms with Crippen molar-refractivity contribution in [1.82, 2.24) is 9.47 Å². The van der Waals surface area contributed by atoms with Gasteiger partial charge in [0.2, 0.25) is 0 Å². The molecule has 5 atom stereocenters. The number of carbonyl (C=O) groups is 2. The first-order valence-electron chi connectivity index (χ1n) is 9.60. The van der Waals surface area contributed by atoms with Gasteiger partial charge in [0.05, 0.1) is 13.2 Å². The molecule has 0 spiro atoms. The summed E-state index contributed by atoms with van der Waals surface area (Å²) < 4.78 is 7.48. The standard InChI is InChI=1S/C22H24N2O3/c1-4-13-11-24-18-10-16(13)22(12-25,21(26)27-3)19(24)9-15-14-7-5-6-8-17(14)23(2)20(15)18/h4-8,12,16,18-19H,9-11H2,1-3H3/t16-,18-,19-,22+/m0/s1. The van der Waals surface area contributed by atoms with E-state index in [1.165, 1.54) is 34.8 Å². The molecule has 3 saturated heterocycles. The maximum atomic E-state index is 12.9. The van der Waals surface area contributed by atoms with Crippen molar-refractivity contribution >= 4 is 23.2 Å². The van der Waals surface area contributed by atoms with Crippen LogP contribution >= 0.6 is 0 Å². The predicted molar refractivity (Wildman–Crippen MR) is 102 cm³/mol. The Morgan fingerprint density at radius 1 is 1.33 bits per heavy atom. The number of allylic oxidation sites excluding steroid dienone is 1. The van der Waals surface area contributed by atoms with Crippen molar-refractivity contribution < 1.29 is 14.3 Å². The van der Waals surface area contributed by atoms with Gasteiger partial charge in [-0.2, -0.15) is 0 Å². The van der Waals surface area contributed by atoms with Gasteiger partial charge in [0, 0.05) is 42.1 Å². The lowest BCUT2D eigenvalue weighted by Crippen LogP contribution is -2.69. The fourth-order valence-corrected chi connectivity index (χ4v) is 6.11. The first-order valence-corrected chi connectivity index (χ1v) is 9.60. The van der Waals surface area contributed by atoms with Gasteiger partial charge in [0.25, 0.3) is 0 Å². The van der Waals surface area contributed by atoms with E-state index in [2.05, 4.69) is 46.9 Å². The summed E-state index contributed by atoms with van der Waals surface area (Å²) in [6, 6.07) is 8.52. The van der Waals surface area contributed by atoms with Gasteiger partial charge in [-0.3, -0.25) is 9.69 Å². The number of para-hydroxylation sites is 1. The van der Waals surface area contributed by atoms with Crippen LogP contribution in [0.25, 0.3) is 10.9 Å². The predicted octanol–water partition coefficient (Wildman–Crippen LogP) is 2.78. The van der Waals surface area contributed by atoms with E-state index in [-0.39, 0.29) is 18.0 Å². The molecule has 3 fully saturated rings. The van der Waals surface area contributed by atoms with Crippen molar-refractivity contribution in [3.63, 3.8) is 0 Å². The van der Waals surface area contributed by atoms with E-state index in [4.69, 9.17) is 4.74 Å². The van der Waals surface area contributed by atoms with Crippen LogP contribution in [0, 0.1) is 11.3 Å². The summed E-state index contributed by atoms with van der Waals surface area (Å²) in [6.45, 7) is 2.83. The van der Waals surface area contributed by atoms with Crippen LogP contribution in [-0.4, -0.2) is 41.4 Å². The Labute approximate surface area is 158 Å². The number of fused-ring (bicyclic) bond motifs is 4. The molecule has 27 heavy (non-hydrogen) atoms. The van der Waals surface area contributed by atoms with Crippen LogP contribution in [0.5, 0.6) is 0 Å². The summed E-state index contributed by atoms with van der Waals surface area (Å²) >= 11 is 0. The third kappa shape index (κ3) is 1.83. The lowest BCUT2D eigenvalue weighted by Gasteiger charge is -2.61. The lowest BCUT2D eigenvalue weighted by molar-refractivity contribution is -0.176. The third-order valence-electron chi connectivity index (χ3n) is 7.28. The highest BCUT2D eigenvalue weighted by Crippen LogP contribution is 2.59. The largest absolute Gasteiger partial charge is 0.468 e. The van der Waals surface area contributed by atoms with E-state index in [1.54, 1.807) is 0 Å². The first-order chi connectivity index (χ1) is 13.1. The topological polar surface area (TPSA) is 51.5 Å². The summed E-state index contributed by atoms with van der Waals surface area (Å²) in [6.07, 6.45) is 4.45. The highest BCUT2D eigenvalue weighted by Gasteiger charge is 2.65. The Morgan fingerprint density at radius 3 is 2.81 bits per heavy atom. The van der Waals surface area contributed by atoms with E-state index < -0.39 is 11.4 Å². The zero-order chi connectivity index (χ0) is 18.9. The number of benzene rings is 1. The molecule has 0 amide bonds. The van der Waals surface area contributed by atoms with Crippen molar-refractivity contribution in [1.29, 1.82) is 0 Å². The first kappa shape index (κ1) is 16.8.